The third-order valence-corrected chi connectivity index (χ3v) is 5.62. The quantitative estimate of drug-likeness (QED) is 0.274. The van der Waals surface area contributed by atoms with Gasteiger partial charge in [-0.25, -0.2) is 4.98 Å². The minimum absolute atomic E-state index is 0.829. The Balaban J connectivity index is 2.09. The first kappa shape index (κ1) is 22.0. The number of allylic oxidation sites excluding steroid dienone is 6. The molecule has 2 aromatic heterocycles. The molecule has 2 aromatic carbocycles. The second-order valence-electron chi connectivity index (χ2n) is 7.95. The van der Waals surface area contributed by atoms with Crippen molar-refractivity contribution in [1.29, 1.82) is 0 Å². The molecule has 0 fully saturated rings. The second kappa shape index (κ2) is 9.53. The van der Waals surface area contributed by atoms with Crippen LogP contribution in [0.2, 0.25) is 0 Å². The molecule has 0 atom stereocenters. The molecule has 4 nitrogen and oxygen atoms in total. The molecule has 0 unspecified atom stereocenters. The van der Waals surface area contributed by atoms with Crippen LogP contribution >= 0.6 is 0 Å². The van der Waals surface area contributed by atoms with E-state index in [2.05, 4.69) is 77.7 Å². The first-order valence-corrected chi connectivity index (χ1v) is 10.9. The lowest BCUT2D eigenvalue weighted by Gasteiger charge is -2.13. The van der Waals surface area contributed by atoms with Gasteiger partial charge in [0.1, 0.15) is 0 Å². The highest BCUT2D eigenvalue weighted by atomic mass is 15.0. The Morgan fingerprint density at radius 3 is 2.52 bits per heavy atom. The maximum Gasteiger partial charge on any atom is 0.0745 e. The summed E-state index contributed by atoms with van der Waals surface area (Å²) in [5.74, 6) is 0. The number of rotatable bonds is 6. The van der Waals surface area contributed by atoms with Crippen LogP contribution < -0.4 is 5.73 Å². The van der Waals surface area contributed by atoms with E-state index in [0.717, 1.165) is 39.3 Å². The van der Waals surface area contributed by atoms with Crippen molar-refractivity contribution in [2.75, 3.05) is 7.05 Å². The smallest absolute Gasteiger partial charge is 0.0745 e. The molecule has 0 aliphatic heterocycles. The number of para-hydroxylation sites is 1. The number of hydrogen-bond donors (Lipinski definition) is 1. The van der Waals surface area contributed by atoms with E-state index in [1.807, 2.05) is 31.4 Å². The van der Waals surface area contributed by atoms with Crippen LogP contribution in [0.5, 0.6) is 0 Å². The van der Waals surface area contributed by atoms with Crippen LogP contribution in [0.3, 0.4) is 0 Å². The monoisotopic (exact) mass is 432 g/mol. The number of nitrogens with two attached hydrogens (primary N) is 1. The molecule has 33 heavy (non-hydrogen) atoms. The summed E-state index contributed by atoms with van der Waals surface area (Å²) in [6, 6.07) is 19.4. The van der Waals surface area contributed by atoms with Gasteiger partial charge in [0.25, 0.3) is 0 Å². The lowest BCUT2D eigenvalue weighted by atomic mass is 10.1. The van der Waals surface area contributed by atoms with E-state index in [4.69, 9.17) is 10.7 Å². The normalized spacial score (nSPS) is 13.1. The first-order valence-electron chi connectivity index (χ1n) is 10.9. The Kier molecular flexibility index (Phi) is 6.36. The number of aliphatic imine (C=N–C) groups is 1. The Morgan fingerprint density at radius 1 is 1.00 bits per heavy atom. The van der Waals surface area contributed by atoms with Gasteiger partial charge in [0, 0.05) is 29.6 Å². The van der Waals surface area contributed by atoms with Crippen molar-refractivity contribution in [3.05, 3.63) is 109 Å². The summed E-state index contributed by atoms with van der Waals surface area (Å²) < 4.78 is 2.31. The minimum atomic E-state index is 0.829. The molecular weight excluding hydrogens is 404 g/mol. The van der Waals surface area contributed by atoms with Crippen LogP contribution in [0.4, 0.5) is 0 Å². The first-order chi connectivity index (χ1) is 16.1. The fraction of sp³-hybridized carbons (Fsp3) is 0.103. The third kappa shape index (κ3) is 4.28. The molecule has 0 spiro atoms. The van der Waals surface area contributed by atoms with Gasteiger partial charge >= 0.3 is 0 Å². The highest BCUT2D eigenvalue weighted by Crippen LogP contribution is 2.33. The molecule has 2 N–H and O–H groups in total. The van der Waals surface area contributed by atoms with Crippen molar-refractivity contribution >= 4 is 39.2 Å². The number of aryl methyl sites for hydroxylation is 1. The number of fused-ring (bicyclic) bond motifs is 3. The van der Waals surface area contributed by atoms with Crippen LogP contribution in [-0.4, -0.2) is 22.8 Å². The van der Waals surface area contributed by atoms with Crippen LogP contribution in [0.1, 0.15) is 23.9 Å². The minimum Gasteiger partial charge on any atom is -0.405 e. The van der Waals surface area contributed by atoms with Gasteiger partial charge in [-0.1, -0.05) is 54.6 Å². The molecule has 4 heteroatoms. The number of nitrogens with zero attached hydrogens (tertiary/aromatic N) is 3. The molecule has 0 aliphatic rings. The molecule has 4 rings (SSSR count). The summed E-state index contributed by atoms with van der Waals surface area (Å²) in [7, 11) is 1.76. The molecule has 2 heterocycles. The van der Waals surface area contributed by atoms with E-state index in [1.165, 1.54) is 22.5 Å². The SMILES string of the molecule is C=C/C=C(\C=NC)c1cc(-n2c3ccccc3c3cc(C)ccc32)cc(/C(C)=C/C=C\N)n1. The van der Waals surface area contributed by atoms with Gasteiger partial charge in [-0.3, -0.25) is 4.99 Å². The van der Waals surface area contributed by atoms with Crippen molar-refractivity contribution in [2.24, 2.45) is 10.7 Å². The van der Waals surface area contributed by atoms with E-state index in [1.54, 1.807) is 13.1 Å². The number of benzene rings is 2. The zero-order valence-electron chi connectivity index (χ0n) is 19.3. The van der Waals surface area contributed by atoms with Gasteiger partial charge in [-0.15, -0.1) is 0 Å². The van der Waals surface area contributed by atoms with Crippen LogP contribution in [0, 0.1) is 6.92 Å². The Hall–Kier alpha value is -4.18. The van der Waals surface area contributed by atoms with Crippen molar-refractivity contribution in [2.45, 2.75) is 13.8 Å². The van der Waals surface area contributed by atoms with Crippen LogP contribution in [-0.2, 0) is 0 Å². The number of pyridine rings is 1. The standard InChI is InChI=1S/C29H28N4/c1-5-9-22(19-31-4)27-18-23(17-26(32-27)21(3)10-8-15-30)33-28-12-7-6-11-24(28)25-16-20(2)13-14-29(25)33/h5-19H,1,30H2,2-4H3/b15-8-,21-10+,22-9+,31-19?. The molecule has 164 valence electrons. The lowest BCUT2D eigenvalue weighted by molar-refractivity contribution is 1.13. The average molecular weight is 433 g/mol. The summed E-state index contributed by atoms with van der Waals surface area (Å²) in [5.41, 5.74) is 13.8. The second-order valence-corrected chi connectivity index (χ2v) is 7.95. The van der Waals surface area contributed by atoms with Crippen LogP contribution in [0.25, 0.3) is 38.6 Å². The summed E-state index contributed by atoms with van der Waals surface area (Å²) in [6.07, 6.45) is 10.8. The predicted octanol–water partition coefficient (Wildman–Crippen LogP) is 6.63. The summed E-state index contributed by atoms with van der Waals surface area (Å²) >= 11 is 0. The van der Waals surface area contributed by atoms with Crippen molar-refractivity contribution in [3.8, 4) is 5.69 Å². The summed E-state index contributed by atoms with van der Waals surface area (Å²) in [6.45, 7) is 8.03. The molecule has 0 saturated carbocycles. The topological polar surface area (TPSA) is 56.2 Å². The predicted molar refractivity (Wildman–Crippen MR) is 143 cm³/mol. The van der Waals surface area contributed by atoms with Gasteiger partial charge in [-0.05, 0) is 62.0 Å². The van der Waals surface area contributed by atoms with Crippen molar-refractivity contribution in [1.82, 2.24) is 9.55 Å². The largest absolute Gasteiger partial charge is 0.405 e. The Morgan fingerprint density at radius 2 is 1.76 bits per heavy atom. The molecule has 4 aromatic rings. The summed E-state index contributed by atoms with van der Waals surface area (Å²) in [4.78, 5) is 9.17. The van der Waals surface area contributed by atoms with Gasteiger partial charge in [-0.2, -0.15) is 0 Å². The lowest BCUT2D eigenvalue weighted by Crippen LogP contribution is -2.02. The van der Waals surface area contributed by atoms with Crippen molar-refractivity contribution in [3.63, 3.8) is 0 Å². The number of hydrogen-bond acceptors (Lipinski definition) is 3. The molecular formula is C29H28N4. The summed E-state index contributed by atoms with van der Waals surface area (Å²) in [5, 5.41) is 2.47. The van der Waals surface area contributed by atoms with E-state index >= 15 is 0 Å². The van der Waals surface area contributed by atoms with Gasteiger partial charge in [0.2, 0.25) is 0 Å². The zero-order valence-corrected chi connectivity index (χ0v) is 19.3. The zero-order chi connectivity index (χ0) is 23.4. The van der Waals surface area contributed by atoms with E-state index in [0.29, 0.717) is 0 Å². The molecule has 0 bridgehead atoms. The maximum atomic E-state index is 5.57. The number of aromatic nitrogens is 2. The Bertz CT molecular complexity index is 1460. The van der Waals surface area contributed by atoms with Gasteiger partial charge in [0.05, 0.1) is 28.1 Å². The average Bonchev–Trinajstić information content (AvgIpc) is 3.15. The van der Waals surface area contributed by atoms with Gasteiger partial charge < -0.3 is 10.3 Å². The van der Waals surface area contributed by atoms with Crippen molar-refractivity contribution < 1.29 is 0 Å². The molecule has 0 amide bonds. The van der Waals surface area contributed by atoms with E-state index < -0.39 is 0 Å². The highest BCUT2D eigenvalue weighted by Gasteiger charge is 2.15. The molecule has 0 saturated heterocycles. The Labute approximate surface area is 194 Å². The van der Waals surface area contributed by atoms with Gasteiger partial charge in [0.15, 0.2) is 0 Å². The third-order valence-electron chi connectivity index (χ3n) is 5.62. The van der Waals surface area contributed by atoms with E-state index in [-0.39, 0.29) is 0 Å². The molecule has 0 radical (unpaired) electrons. The van der Waals surface area contributed by atoms with E-state index in [9.17, 15) is 0 Å². The highest BCUT2D eigenvalue weighted by molar-refractivity contribution is 6.11. The fourth-order valence-electron chi connectivity index (χ4n) is 4.11. The fourth-order valence-corrected chi connectivity index (χ4v) is 4.11. The maximum absolute atomic E-state index is 5.57. The van der Waals surface area contributed by atoms with Crippen LogP contribution in [0.15, 0.2) is 96.7 Å². The molecule has 0 aliphatic carbocycles.